The van der Waals surface area contributed by atoms with Crippen molar-refractivity contribution < 1.29 is 28.5 Å². The number of hydrogen-bond donors (Lipinski definition) is 2. The van der Waals surface area contributed by atoms with Gasteiger partial charge in [0.05, 0.1) is 22.5 Å². The summed E-state index contributed by atoms with van der Waals surface area (Å²) in [6.45, 7) is 14.1. The molecule has 0 saturated carbocycles. The molecule has 1 aliphatic rings. The minimum atomic E-state index is -1.27. The Morgan fingerprint density at radius 3 is 2.43 bits per heavy atom. The van der Waals surface area contributed by atoms with Crippen LogP contribution in [-0.2, 0) is 14.3 Å². The summed E-state index contributed by atoms with van der Waals surface area (Å²) >= 11 is 0. The van der Waals surface area contributed by atoms with Crippen LogP contribution in [0.5, 0.6) is 5.75 Å². The van der Waals surface area contributed by atoms with Gasteiger partial charge in [-0.1, -0.05) is 18.2 Å². The molecule has 10 nitrogen and oxygen atoms in total. The van der Waals surface area contributed by atoms with Gasteiger partial charge in [-0.2, -0.15) is 9.61 Å². The van der Waals surface area contributed by atoms with Gasteiger partial charge in [0.2, 0.25) is 0 Å². The van der Waals surface area contributed by atoms with Gasteiger partial charge in [0, 0.05) is 49.3 Å². The number of ether oxygens (including phenoxy) is 3. The molecule has 11 heteroatoms. The number of carboxylic acids is 1. The van der Waals surface area contributed by atoms with Crippen LogP contribution < -0.4 is 9.64 Å². The quantitative estimate of drug-likeness (QED) is 0.174. The van der Waals surface area contributed by atoms with Crippen LogP contribution in [0.3, 0.4) is 0 Å². The number of fused-ring (bicyclic) bond motifs is 1. The SMILES string of the molecule is COC1(C)CCN(c2c([C@H](OC(C)(C)C)C(=O)O)c(C)nc3cc(-c4cccc(-c5c(O[C@@H](C)C=N)ccc(F)c5C)c4)nn23)CC1. The molecule has 0 radical (unpaired) electrons. The number of methoxy groups -OCH3 is 1. The predicted molar refractivity (Wildman–Crippen MR) is 180 cm³/mol. The van der Waals surface area contributed by atoms with Gasteiger partial charge >= 0.3 is 5.97 Å². The summed E-state index contributed by atoms with van der Waals surface area (Å²) in [7, 11) is 1.72. The van der Waals surface area contributed by atoms with Crippen molar-refractivity contribution in [1.29, 1.82) is 5.41 Å². The van der Waals surface area contributed by atoms with E-state index in [0.717, 1.165) is 24.0 Å². The van der Waals surface area contributed by atoms with Crippen LogP contribution in [0.4, 0.5) is 10.2 Å². The highest BCUT2D eigenvalue weighted by atomic mass is 19.1. The molecular weight excluding hydrogens is 601 g/mol. The summed E-state index contributed by atoms with van der Waals surface area (Å²) in [5.41, 5.74) is 3.69. The number of nitrogens with zero attached hydrogens (tertiary/aromatic N) is 4. The first kappa shape index (κ1) is 34.0. The van der Waals surface area contributed by atoms with Crippen LogP contribution >= 0.6 is 0 Å². The Kier molecular flexibility index (Phi) is 9.43. The number of nitrogens with one attached hydrogen (secondary N) is 1. The summed E-state index contributed by atoms with van der Waals surface area (Å²) in [6, 6.07) is 12.4. The topological polar surface area (TPSA) is 122 Å². The van der Waals surface area contributed by atoms with Crippen molar-refractivity contribution in [2.24, 2.45) is 0 Å². The van der Waals surface area contributed by atoms with Gasteiger partial charge in [-0.15, -0.1) is 0 Å². The van der Waals surface area contributed by atoms with E-state index in [0.29, 0.717) is 58.4 Å². The second kappa shape index (κ2) is 13.0. The summed E-state index contributed by atoms with van der Waals surface area (Å²) in [5.74, 6) is -0.364. The molecule has 2 atom stereocenters. The molecule has 2 N–H and O–H groups in total. The van der Waals surface area contributed by atoms with Gasteiger partial charge < -0.3 is 29.6 Å². The Balaban J connectivity index is 1.68. The van der Waals surface area contributed by atoms with Crippen molar-refractivity contribution in [1.82, 2.24) is 14.6 Å². The lowest BCUT2D eigenvalue weighted by atomic mass is 9.93. The number of aromatic nitrogens is 3. The van der Waals surface area contributed by atoms with E-state index in [1.807, 2.05) is 51.1 Å². The van der Waals surface area contributed by atoms with Gasteiger partial charge in [-0.05, 0) is 90.6 Å². The van der Waals surface area contributed by atoms with Crippen molar-refractivity contribution in [2.45, 2.75) is 84.7 Å². The van der Waals surface area contributed by atoms with Crippen LogP contribution in [0.25, 0.3) is 28.0 Å². The molecule has 0 spiro atoms. The molecule has 1 saturated heterocycles. The monoisotopic (exact) mass is 645 g/mol. The number of piperidine rings is 1. The van der Waals surface area contributed by atoms with Crippen LogP contribution in [0.1, 0.15) is 70.4 Å². The number of benzene rings is 2. The van der Waals surface area contributed by atoms with Gasteiger partial charge in [0.15, 0.2) is 11.8 Å². The lowest BCUT2D eigenvalue weighted by Crippen LogP contribution is -2.45. The Bertz CT molecular complexity index is 1810. The second-order valence-electron chi connectivity index (χ2n) is 13.4. The Morgan fingerprint density at radius 2 is 1.81 bits per heavy atom. The molecule has 2 aromatic carbocycles. The first-order valence-corrected chi connectivity index (χ1v) is 15.8. The predicted octanol–water partition coefficient (Wildman–Crippen LogP) is 7.18. The normalized spacial score (nSPS) is 16.2. The Hall–Kier alpha value is -4.35. The molecule has 1 aliphatic heterocycles. The van der Waals surface area contributed by atoms with Gasteiger partial charge in [-0.3, -0.25) is 0 Å². The molecule has 4 aromatic rings. The fourth-order valence-corrected chi connectivity index (χ4v) is 6.04. The summed E-state index contributed by atoms with van der Waals surface area (Å²) in [5, 5.41) is 23.0. The van der Waals surface area contributed by atoms with E-state index < -0.39 is 23.8 Å². The third kappa shape index (κ3) is 7.01. The van der Waals surface area contributed by atoms with Crippen molar-refractivity contribution in [2.75, 3.05) is 25.1 Å². The van der Waals surface area contributed by atoms with Gasteiger partial charge in [0.1, 0.15) is 23.5 Å². The van der Waals surface area contributed by atoms with Crippen LogP contribution in [-0.4, -0.2) is 69.4 Å². The summed E-state index contributed by atoms with van der Waals surface area (Å²) < 4.78 is 34.5. The minimum Gasteiger partial charge on any atom is -0.484 e. The summed E-state index contributed by atoms with van der Waals surface area (Å²) in [4.78, 5) is 19.7. The maximum atomic E-state index is 14.8. The minimum absolute atomic E-state index is 0.282. The van der Waals surface area contributed by atoms with Crippen molar-refractivity contribution in [3.05, 3.63) is 65.1 Å². The maximum Gasteiger partial charge on any atom is 0.337 e. The lowest BCUT2D eigenvalue weighted by molar-refractivity contribution is -0.160. The standard InChI is InChI=1S/C36H44FN5O5/c1-21(20-38)46-28-13-12-26(37)22(2)30(28)25-11-9-10-24(18-25)27-19-29-39-23(3)31(32(34(43)44)47-35(4,5)6)33(42(29)40-27)41-16-14-36(7,45-8)15-17-41/h9-13,18-21,32,38H,14-17H2,1-8H3,(H,43,44)/t21-,32-/m0/s1. The lowest BCUT2D eigenvalue weighted by Gasteiger charge is -2.40. The zero-order chi connectivity index (χ0) is 34.3. The van der Waals surface area contributed by atoms with E-state index in [-0.39, 0.29) is 11.4 Å². The largest absolute Gasteiger partial charge is 0.484 e. The molecule has 0 aliphatic carbocycles. The molecule has 5 rings (SSSR count). The van der Waals surface area contributed by atoms with E-state index in [2.05, 4.69) is 11.8 Å². The van der Waals surface area contributed by atoms with E-state index >= 15 is 0 Å². The van der Waals surface area contributed by atoms with Crippen LogP contribution in [0, 0.1) is 25.1 Å². The van der Waals surface area contributed by atoms with Crippen LogP contribution in [0.2, 0.25) is 0 Å². The zero-order valence-corrected chi connectivity index (χ0v) is 28.3. The smallest absolute Gasteiger partial charge is 0.337 e. The maximum absolute atomic E-state index is 14.8. The van der Waals surface area contributed by atoms with Crippen molar-refractivity contribution >= 4 is 23.6 Å². The van der Waals surface area contributed by atoms with E-state index in [1.54, 1.807) is 38.5 Å². The number of aliphatic carboxylic acids is 1. The number of halogens is 1. The Labute approximate surface area is 275 Å². The Morgan fingerprint density at radius 1 is 1.13 bits per heavy atom. The van der Waals surface area contributed by atoms with E-state index in [4.69, 9.17) is 29.7 Å². The number of hydrogen-bond acceptors (Lipinski definition) is 8. The van der Waals surface area contributed by atoms with Gasteiger partial charge in [0.25, 0.3) is 0 Å². The third-order valence-electron chi connectivity index (χ3n) is 8.73. The first-order valence-electron chi connectivity index (χ1n) is 15.8. The average Bonchev–Trinajstić information content (AvgIpc) is 3.45. The molecule has 2 aromatic heterocycles. The highest BCUT2D eigenvalue weighted by molar-refractivity contribution is 5.81. The number of carbonyl (C=O) groups is 1. The number of anilines is 1. The molecule has 0 amide bonds. The van der Waals surface area contributed by atoms with Crippen LogP contribution in [0.15, 0.2) is 42.5 Å². The van der Waals surface area contributed by atoms with Gasteiger partial charge in [-0.25, -0.2) is 14.2 Å². The highest BCUT2D eigenvalue weighted by Crippen LogP contribution is 2.40. The molecule has 250 valence electrons. The average molecular weight is 646 g/mol. The second-order valence-corrected chi connectivity index (χ2v) is 13.4. The molecule has 1 fully saturated rings. The zero-order valence-electron chi connectivity index (χ0n) is 28.3. The molecule has 0 unspecified atom stereocenters. The fraction of sp³-hybridized carbons (Fsp3) is 0.444. The molecule has 3 heterocycles. The first-order chi connectivity index (χ1) is 22.1. The number of carboxylic acid groups (broad SMARTS) is 1. The molecule has 0 bridgehead atoms. The fourth-order valence-electron chi connectivity index (χ4n) is 6.04. The number of rotatable bonds is 10. The molecular formula is C36H44FN5O5. The molecule has 47 heavy (non-hydrogen) atoms. The summed E-state index contributed by atoms with van der Waals surface area (Å²) in [6.07, 6.45) is 0.916. The van der Waals surface area contributed by atoms with E-state index in [9.17, 15) is 14.3 Å². The van der Waals surface area contributed by atoms with Crippen molar-refractivity contribution in [3.8, 4) is 28.1 Å². The van der Waals surface area contributed by atoms with Crippen molar-refractivity contribution in [3.63, 3.8) is 0 Å². The van der Waals surface area contributed by atoms with E-state index in [1.165, 1.54) is 12.3 Å². The number of aryl methyl sites for hydroxylation is 1. The highest BCUT2D eigenvalue weighted by Gasteiger charge is 2.37. The third-order valence-corrected chi connectivity index (χ3v) is 8.73.